The first kappa shape index (κ1) is 17.5. The second-order valence-corrected chi connectivity index (χ2v) is 7.81. The zero-order valence-corrected chi connectivity index (χ0v) is 14.1. The molecule has 25 heavy (non-hydrogen) atoms. The van der Waals surface area contributed by atoms with Gasteiger partial charge in [0, 0.05) is 23.2 Å². The normalized spacial score (nSPS) is 13.1. The first-order valence-corrected chi connectivity index (χ1v) is 9.67. The number of hydrogen-bond acceptors (Lipinski definition) is 3. The zero-order chi connectivity index (χ0) is 18.2. The number of aromatic amines is 1. The first-order chi connectivity index (χ1) is 11.8. The van der Waals surface area contributed by atoms with E-state index >= 15 is 0 Å². The van der Waals surface area contributed by atoms with E-state index < -0.39 is 38.4 Å². The minimum Gasteiger partial charge on any atom is -0.360 e. The van der Waals surface area contributed by atoms with Gasteiger partial charge in [-0.15, -0.1) is 0 Å². The van der Waals surface area contributed by atoms with Crippen LogP contribution in [0.15, 0.2) is 47.5 Å². The van der Waals surface area contributed by atoms with Crippen LogP contribution in [0.4, 0.5) is 14.5 Å². The Morgan fingerprint density at radius 3 is 2.64 bits per heavy atom. The van der Waals surface area contributed by atoms with Crippen molar-refractivity contribution >= 4 is 37.7 Å². The van der Waals surface area contributed by atoms with Gasteiger partial charge in [0.15, 0.2) is 11.1 Å². The third-order valence-corrected chi connectivity index (χ3v) is 5.45. The van der Waals surface area contributed by atoms with Crippen LogP contribution in [0.1, 0.15) is 5.56 Å². The number of anilines is 1. The van der Waals surface area contributed by atoms with Crippen LogP contribution in [-0.4, -0.2) is 22.2 Å². The Bertz CT molecular complexity index is 1080. The van der Waals surface area contributed by atoms with Gasteiger partial charge in [-0.05, 0) is 23.8 Å². The van der Waals surface area contributed by atoms with Gasteiger partial charge < -0.3 is 9.54 Å². The van der Waals surface area contributed by atoms with E-state index in [-0.39, 0.29) is 10.6 Å². The fourth-order valence-electron chi connectivity index (χ4n) is 2.38. The van der Waals surface area contributed by atoms with Crippen LogP contribution in [0.2, 0.25) is 0 Å². The van der Waals surface area contributed by atoms with E-state index in [2.05, 4.69) is 4.98 Å². The summed E-state index contributed by atoms with van der Waals surface area (Å²) in [5.41, 5.74) is 0.480. The number of hydrogen-bond donors (Lipinski definition) is 3. The molecule has 0 fully saturated rings. The van der Waals surface area contributed by atoms with E-state index in [0.29, 0.717) is 16.5 Å². The Balaban J connectivity index is 2.00. The summed E-state index contributed by atoms with van der Waals surface area (Å²) in [6.07, 6.45) is 1.21. The van der Waals surface area contributed by atoms with E-state index in [1.54, 1.807) is 6.07 Å². The summed E-state index contributed by atoms with van der Waals surface area (Å²) in [5.74, 6) is -1.78. The molecule has 10 heteroatoms. The van der Waals surface area contributed by atoms with E-state index in [0.717, 1.165) is 18.2 Å². The highest BCUT2D eigenvalue weighted by molar-refractivity contribution is 7.93. The van der Waals surface area contributed by atoms with Crippen LogP contribution in [0.3, 0.4) is 0 Å². The number of sulfonamides is 1. The van der Waals surface area contributed by atoms with E-state index in [1.807, 2.05) is 4.72 Å². The Hall–Kier alpha value is -2.30. The van der Waals surface area contributed by atoms with Crippen molar-refractivity contribution < 1.29 is 26.0 Å². The molecule has 3 rings (SSSR count). The molecule has 0 aliphatic carbocycles. The average Bonchev–Trinajstić information content (AvgIpc) is 2.94. The molecular weight excluding hydrogens is 374 g/mol. The van der Waals surface area contributed by atoms with Crippen LogP contribution >= 0.6 is 0 Å². The van der Waals surface area contributed by atoms with Crippen LogP contribution in [0.5, 0.6) is 0 Å². The number of aromatic nitrogens is 1. The van der Waals surface area contributed by atoms with Gasteiger partial charge in [-0.25, -0.2) is 21.4 Å². The summed E-state index contributed by atoms with van der Waals surface area (Å²) in [4.78, 5) is 2.60. The largest absolute Gasteiger partial charge is 0.360 e. The van der Waals surface area contributed by atoms with Gasteiger partial charge in [-0.3, -0.25) is 4.72 Å². The molecule has 0 radical (unpaired) electrons. The van der Waals surface area contributed by atoms with Crippen molar-refractivity contribution in [1.82, 2.24) is 4.98 Å². The van der Waals surface area contributed by atoms with Gasteiger partial charge >= 0.3 is 0 Å². The first-order valence-electron chi connectivity index (χ1n) is 6.91. The second kappa shape index (κ2) is 6.54. The summed E-state index contributed by atoms with van der Waals surface area (Å²) in [6.45, 7) is 0. The molecule has 1 heterocycles. The lowest BCUT2D eigenvalue weighted by Gasteiger charge is -2.08. The van der Waals surface area contributed by atoms with Crippen molar-refractivity contribution in [3.05, 3.63) is 59.8 Å². The standard InChI is InChI=1S/C15H12F2N2O4S2/c16-10-2-4-12(17)14(6-10)19-25(22,23)15-7-18-13-5-9(8-24(20)21)1-3-11(13)15/h1-7,18-19H,8H2,(H,20,21). The molecule has 3 aromatic rings. The van der Waals surface area contributed by atoms with Gasteiger partial charge in [0.05, 0.1) is 11.4 Å². The van der Waals surface area contributed by atoms with Crippen LogP contribution < -0.4 is 4.72 Å². The zero-order valence-electron chi connectivity index (χ0n) is 12.5. The highest BCUT2D eigenvalue weighted by Gasteiger charge is 2.21. The number of rotatable bonds is 5. The second-order valence-electron chi connectivity index (χ2n) is 5.23. The van der Waals surface area contributed by atoms with Crippen molar-refractivity contribution in [2.24, 2.45) is 0 Å². The van der Waals surface area contributed by atoms with Gasteiger partial charge in [0.2, 0.25) is 0 Å². The quantitative estimate of drug-likeness (QED) is 0.587. The highest BCUT2D eigenvalue weighted by atomic mass is 32.2. The van der Waals surface area contributed by atoms with Crippen molar-refractivity contribution in [2.45, 2.75) is 10.6 Å². The Morgan fingerprint density at radius 1 is 1.16 bits per heavy atom. The molecule has 0 amide bonds. The molecule has 2 aromatic carbocycles. The number of fused-ring (bicyclic) bond motifs is 1. The summed E-state index contributed by atoms with van der Waals surface area (Å²) < 4.78 is 73.7. The van der Waals surface area contributed by atoms with Gasteiger partial charge in [0.25, 0.3) is 10.0 Å². The van der Waals surface area contributed by atoms with E-state index in [1.165, 1.54) is 18.3 Å². The maximum Gasteiger partial charge on any atom is 0.264 e. The molecule has 1 aromatic heterocycles. The molecule has 1 atom stereocenters. The molecular formula is C15H12F2N2O4S2. The summed E-state index contributed by atoms with van der Waals surface area (Å²) in [5, 5.41) is 0.316. The topological polar surface area (TPSA) is 99.3 Å². The molecule has 0 aliphatic heterocycles. The number of H-pyrrole nitrogens is 1. The predicted molar refractivity (Wildman–Crippen MR) is 89.9 cm³/mol. The van der Waals surface area contributed by atoms with Crippen molar-refractivity contribution in [1.29, 1.82) is 0 Å². The monoisotopic (exact) mass is 386 g/mol. The Morgan fingerprint density at radius 2 is 1.92 bits per heavy atom. The fraction of sp³-hybridized carbons (Fsp3) is 0.0667. The number of nitrogens with one attached hydrogen (secondary N) is 2. The smallest absolute Gasteiger partial charge is 0.264 e. The van der Waals surface area contributed by atoms with E-state index in [4.69, 9.17) is 4.55 Å². The average molecular weight is 386 g/mol. The maximum atomic E-state index is 13.7. The molecule has 0 saturated heterocycles. The van der Waals surface area contributed by atoms with E-state index in [9.17, 15) is 21.4 Å². The van der Waals surface area contributed by atoms with Crippen molar-refractivity contribution in [3.8, 4) is 0 Å². The predicted octanol–water partition coefficient (Wildman–Crippen LogP) is 2.97. The lowest BCUT2D eigenvalue weighted by molar-refractivity contribution is 0.563. The van der Waals surface area contributed by atoms with Gasteiger partial charge in [0.1, 0.15) is 16.5 Å². The molecule has 0 bridgehead atoms. The SMILES string of the molecule is O=S(O)Cc1ccc2c(S(=O)(=O)Nc3cc(F)ccc3F)c[nH]c2c1. The van der Waals surface area contributed by atoms with Gasteiger partial charge in [-0.1, -0.05) is 12.1 Å². The number of benzene rings is 2. The van der Waals surface area contributed by atoms with Crippen molar-refractivity contribution in [3.63, 3.8) is 0 Å². The summed E-state index contributed by atoms with van der Waals surface area (Å²) in [6, 6.07) is 6.99. The highest BCUT2D eigenvalue weighted by Crippen LogP contribution is 2.27. The Labute approximate surface area is 144 Å². The minimum absolute atomic E-state index is 0.0935. The molecule has 6 nitrogen and oxygen atoms in total. The summed E-state index contributed by atoms with van der Waals surface area (Å²) in [7, 11) is -4.17. The molecule has 132 valence electrons. The number of halogens is 2. The van der Waals surface area contributed by atoms with Gasteiger partial charge in [-0.2, -0.15) is 0 Å². The Kier molecular flexibility index (Phi) is 4.58. The maximum absolute atomic E-state index is 13.7. The van der Waals surface area contributed by atoms with Crippen LogP contribution in [-0.2, 0) is 26.9 Å². The lowest BCUT2D eigenvalue weighted by atomic mass is 10.2. The molecule has 0 spiro atoms. The summed E-state index contributed by atoms with van der Waals surface area (Å²) >= 11 is -2.02. The molecule has 1 unspecified atom stereocenters. The molecule has 3 N–H and O–H groups in total. The fourth-order valence-corrected chi connectivity index (χ4v) is 4.08. The minimum atomic E-state index is -4.17. The lowest BCUT2D eigenvalue weighted by Crippen LogP contribution is -2.13. The third kappa shape index (κ3) is 3.70. The van der Waals surface area contributed by atoms with Crippen LogP contribution in [0.25, 0.3) is 10.9 Å². The molecule has 0 aliphatic rings. The third-order valence-electron chi connectivity index (χ3n) is 3.46. The van der Waals surface area contributed by atoms with Crippen molar-refractivity contribution in [2.75, 3.05) is 4.72 Å². The van der Waals surface area contributed by atoms with Crippen LogP contribution in [0, 0.1) is 11.6 Å². The molecule has 0 saturated carbocycles.